The number of hydrogen-bond acceptors (Lipinski definition) is 4. The van der Waals surface area contributed by atoms with Crippen molar-refractivity contribution in [3.05, 3.63) is 29.8 Å². The first-order chi connectivity index (χ1) is 8.48. The molecule has 1 unspecified atom stereocenters. The minimum absolute atomic E-state index is 0.0537. The van der Waals surface area contributed by atoms with Crippen LogP contribution < -0.4 is 10.0 Å². The molecule has 0 saturated heterocycles. The van der Waals surface area contributed by atoms with Gasteiger partial charge in [-0.2, -0.15) is 0 Å². The summed E-state index contributed by atoms with van der Waals surface area (Å²) in [6.45, 7) is 2.42. The molecule has 5 nitrogen and oxygen atoms in total. The third kappa shape index (κ3) is 4.64. The van der Waals surface area contributed by atoms with E-state index in [2.05, 4.69) is 10.0 Å². The van der Waals surface area contributed by atoms with Gasteiger partial charge in [-0.1, -0.05) is 19.1 Å². The average Bonchev–Trinajstić information content (AvgIpc) is 2.36. The number of rotatable bonds is 7. The van der Waals surface area contributed by atoms with E-state index < -0.39 is 10.0 Å². The van der Waals surface area contributed by atoms with E-state index in [0.717, 1.165) is 12.0 Å². The predicted octanol–water partition coefficient (Wildman–Crippen LogP) is 0.982. The maximum atomic E-state index is 11.3. The molecule has 18 heavy (non-hydrogen) atoms. The van der Waals surface area contributed by atoms with E-state index in [-0.39, 0.29) is 17.5 Å². The van der Waals surface area contributed by atoms with E-state index in [1.165, 1.54) is 7.05 Å². The largest absolute Gasteiger partial charge is 0.508 e. The van der Waals surface area contributed by atoms with E-state index >= 15 is 0 Å². The first kappa shape index (κ1) is 14.9. The molecule has 0 spiro atoms. The normalized spacial score (nSPS) is 13.4. The molecule has 0 amide bonds. The number of benzene rings is 1. The molecule has 1 atom stereocenters. The summed E-state index contributed by atoms with van der Waals surface area (Å²) in [4.78, 5) is 0. The van der Waals surface area contributed by atoms with Gasteiger partial charge in [0.2, 0.25) is 10.0 Å². The molecule has 3 N–H and O–H groups in total. The molecule has 1 aromatic rings. The SMILES string of the molecule is CCC(NCCS(=O)(=O)NC)c1ccc(O)cc1. The molecule has 6 heteroatoms. The summed E-state index contributed by atoms with van der Waals surface area (Å²) in [6.07, 6.45) is 0.852. The van der Waals surface area contributed by atoms with Gasteiger partial charge in [0.05, 0.1) is 5.75 Å². The summed E-state index contributed by atoms with van der Waals surface area (Å²) in [7, 11) is -1.76. The Kier molecular flexibility index (Phi) is 5.58. The molecule has 0 saturated carbocycles. The molecule has 0 aromatic heterocycles. The lowest BCUT2D eigenvalue weighted by molar-refractivity contribution is 0.473. The Balaban J connectivity index is 2.55. The first-order valence-corrected chi connectivity index (χ1v) is 7.57. The lowest BCUT2D eigenvalue weighted by atomic mass is 10.0. The fourth-order valence-corrected chi connectivity index (χ4v) is 2.26. The van der Waals surface area contributed by atoms with Crippen molar-refractivity contribution in [2.45, 2.75) is 19.4 Å². The van der Waals surface area contributed by atoms with Crippen molar-refractivity contribution in [1.29, 1.82) is 0 Å². The molecule has 102 valence electrons. The van der Waals surface area contributed by atoms with Gasteiger partial charge in [0, 0.05) is 12.6 Å². The van der Waals surface area contributed by atoms with Gasteiger partial charge in [-0.05, 0) is 31.2 Å². The molecular formula is C12H20N2O3S. The van der Waals surface area contributed by atoms with Crippen LogP contribution in [0.25, 0.3) is 0 Å². The van der Waals surface area contributed by atoms with E-state index in [1.807, 2.05) is 19.1 Å². The molecule has 0 radical (unpaired) electrons. The molecule has 0 aliphatic heterocycles. The van der Waals surface area contributed by atoms with Crippen molar-refractivity contribution >= 4 is 10.0 Å². The van der Waals surface area contributed by atoms with E-state index in [0.29, 0.717) is 6.54 Å². The van der Waals surface area contributed by atoms with Crippen LogP contribution in [0.1, 0.15) is 24.9 Å². The molecule has 0 aliphatic rings. The number of sulfonamides is 1. The second kappa shape index (κ2) is 6.72. The summed E-state index contributed by atoms with van der Waals surface area (Å²) in [5.41, 5.74) is 1.04. The quantitative estimate of drug-likeness (QED) is 0.691. The van der Waals surface area contributed by atoms with Gasteiger partial charge in [-0.15, -0.1) is 0 Å². The second-order valence-corrected chi connectivity index (χ2v) is 6.08. The molecule has 0 heterocycles. The highest BCUT2D eigenvalue weighted by molar-refractivity contribution is 7.89. The van der Waals surface area contributed by atoms with Crippen LogP contribution in [0.5, 0.6) is 5.75 Å². The zero-order valence-corrected chi connectivity index (χ0v) is 11.5. The number of aromatic hydroxyl groups is 1. The van der Waals surface area contributed by atoms with E-state index in [1.54, 1.807) is 12.1 Å². The predicted molar refractivity (Wildman–Crippen MR) is 72.0 cm³/mol. The van der Waals surface area contributed by atoms with Gasteiger partial charge in [0.25, 0.3) is 0 Å². The molecule has 0 fully saturated rings. The number of phenols is 1. The van der Waals surface area contributed by atoms with Crippen molar-refractivity contribution in [2.75, 3.05) is 19.3 Å². The highest BCUT2D eigenvalue weighted by atomic mass is 32.2. The third-order valence-electron chi connectivity index (χ3n) is 2.78. The van der Waals surface area contributed by atoms with Gasteiger partial charge < -0.3 is 10.4 Å². The van der Waals surface area contributed by atoms with Gasteiger partial charge in [-0.3, -0.25) is 0 Å². The van der Waals surface area contributed by atoms with Crippen LogP contribution in [0.4, 0.5) is 0 Å². The Hall–Kier alpha value is -1.11. The first-order valence-electron chi connectivity index (χ1n) is 5.92. The van der Waals surface area contributed by atoms with Crippen LogP contribution in [-0.2, 0) is 10.0 Å². The minimum atomic E-state index is -3.16. The van der Waals surface area contributed by atoms with Gasteiger partial charge in [-0.25, -0.2) is 13.1 Å². The maximum absolute atomic E-state index is 11.3. The molecule has 1 rings (SSSR count). The Morgan fingerprint density at radius 2 is 1.89 bits per heavy atom. The minimum Gasteiger partial charge on any atom is -0.508 e. The van der Waals surface area contributed by atoms with Crippen molar-refractivity contribution in [1.82, 2.24) is 10.0 Å². The summed E-state index contributed by atoms with van der Waals surface area (Å²) in [5, 5.41) is 12.4. The lowest BCUT2D eigenvalue weighted by Gasteiger charge is -2.17. The number of phenolic OH excluding ortho intramolecular Hbond substituents is 1. The third-order valence-corrected chi connectivity index (χ3v) is 4.14. The second-order valence-electron chi connectivity index (χ2n) is 4.03. The Morgan fingerprint density at radius 1 is 1.28 bits per heavy atom. The fraction of sp³-hybridized carbons (Fsp3) is 0.500. The molecule has 1 aromatic carbocycles. The van der Waals surface area contributed by atoms with Gasteiger partial charge in [0.1, 0.15) is 5.75 Å². The Bertz CT molecular complexity index is 457. The van der Waals surface area contributed by atoms with Crippen LogP contribution in [-0.4, -0.2) is 32.9 Å². The summed E-state index contributed by atoms with van der Waals surface area (Å²) in [5.74, 6) is 0.282. The van der Waals surface area contributed by atoms with Gasteiger partial charge >= 0.3 is 0 Å². The van der Waals surface area contributed by atoms with Crippen LogP contribution in [0.2, 0.25) is 0 Å². The highest BCUT2D eigenvalue weighted by Crippen LogP contribution is 2.19. The molecule has 0 bridgehead atoms. The topological polar surface area (TPSA) is 78.4 Å². The standard InChI is InChI=1S/C12H20N2O3S/c1-3-12(10-4-6-11(15)7-5-10)14-8-9-18(16,17)13-2/h4-7,12-15H,3,8-9H2,1-2H3. The van der Waals surface area contributed by atoms with Crippen LogP contribution in [0.3, 0.4) is 0 Å². The Morgan fingerprint density at radius 3 is 2.39 bits per heavy atom. The van der Waals surface area contributed by atoms with Crippen molar-refractivity contribution in [2.24, 2.45) is 0 Å². The number of hydrogen-bond donors (Lipinski definition) is 3. The van der Waals surface area contributed by atoms with Crippen LogP contribution in [0.15, 0.2) is 24.3 Å². The summed E-state index contributed by atoms with van der Waals surface area (Å²) >= 11 is 0. The molecule has 0 aliphatic carbocycles. The molecular weight excluding hydrogens is 252 g/mol. The fourth-order valence-electron chi connectivity index (χ4n) is 1.67. The van der Waals surface area contributed by atoms with Crippen molar-refractivity contribution in [3.8, 4) is 5.75 Å². The lowest BCUT2D eigenvalue weighted by Crippen LogP contribution is -2.31. The van der Waals surface area contributed by atoms with Crippen molar-refractivity contribution in [3.63, 3.8) is 0 Å². The summed E-state index contributed by atoms with van der Waals surface area (Å²) in [6, 6.07) is 7.03. The van der Waals surface area contributed by atoms with E-state index in [9.17, 15) is 13.5 Å². The monoisotopic (exact) mass is 272 g/mol. The van der Waals surface area contributed by atoms with Crippen molar-refractivity contribution < 1.29 is 13.5 Å². The van der Waals surface area contributed by atoms with Crippen LogP contribution >= 0.6 is 0 Å². The summed E-state index contributed by atoms with van der Waals surface area (Å²) < 4.78 is 24.8. The van der Waals surface area contributed by atoms with Crippen LogP contribution in [0, 0.1) is 0 Å². The maximum Gasteiger partial charge on any atom is 0.212 e. The smallest absolute Gasteiger partial charge is 0.212 e. The van der Waals surface area contributed by atoms with Gasteiger partial charge in [0.15, 0.2) is 0 Å². The Labute approximate surface area is 108 Å². The van der Waals surface area contributed by atoms with E-state index in [4.69, 9.17) is 0 Å². The zero-order chi connectivity index (χ0) is 13.6. The number of nitrogens with one attached hydrogen (secondary N) is 2. The zero-order valence-electron chi connectivity index (χ0n) is 10.7. The highest BCUT2D eigenvalue weighted by Gasteiger charge is 2.11. The average molecular weight is 272 g/mol.